The van der Waals surface area contributed by atoms with E-state index in [-0.39, 0.29) is 12.3 Å². The molecule has 1 saturated heterocycles. The first-order chi connectivity index (χ1) is 14.5. The van der Waals surface area contributed by atoms with Crippen molar-refractivity contribution in [3.05, 3.63) is 62.1 Å². The number of morpholine rings is 1. The van der Waals surface area contributed by atoms with Gasteiger partial charge in [-0.3, -0.25) is 9.69 Å². The minimum Gasteiger partial charge on any atom is -0.379 e. The molecule has 0 spiro atoms. The van der Waals surface area contributed by atoms with Crippen molar-refractivity contribution in [1.29, 1.82) is 0 Å². The van der Waals surface area contributed by atoms with Crippen molar-refractivity contribution in [1.82, 2.24) is 14.8 Å². The van der Waals surface area contributed by atoms with E-state index >= 15 is 0 Å². The summed E-state index contributed by atoms with van der Waals surface area (Å²) in [6.07, 6.45) is 2.26. The Morgan fingerprint density at radius 3 is 2.73 bits per heavy atom. The number of pyridine rings is 1. The summed E-state index contributed by atoms with van der Waals surface area (Å²) in [5.41, 5.74) is 1.89. The highest BCUT2D eigenvalue weighted by molar-refractivity contribution is 7.71. The molecular formula is C22H24ClN3O2S2. The summed E-state index contributed by atoms with van der Waals surface area (Å²) < 4.78 is 8.29. The number of nitrogens with one attached hydrogen (secondary N) is 1. The molecule has 1 N–H and O–H groups in total. The number of halogens is 1. The highest BCUT2D eigenvalue weighted by atomic mass is 35.5. The average molecular weight is 462 g/mol. The molecule has 0 bridgehead atoms. The fourth-order valence-corrected chi connectivity index (χ4v) is 5.21. The number of thiophene rings is 1. The number of aromatic nitrogens is 1. The number of carbonyl (C=O) groups excluding carboxylic acids is 1. The first-order valence-electron chi connectivity index (χ1n) is 9.92. The first-order valence-corrected chi connectivity index (χ1v) is 11.5. The minimum absolute atomic E-state index is 0.0424. The Labute approximate surface area is 190 Å². The molecule has 5 nitrogen and oxygen atoms in total. The number of nitrogens with zero attached hydrogens (tertiary/aromatic N) is 2. The van der Waals surface area contributed by atoms with Crippen molar-refractivity contribution in [2.24, 2.45) is 7.05 Å². The van der Waals surface area contributed by atoms with Gasteiger partial charge in [0.25, 0.3) is 0 Å². The largest absolute Gasteiger partial charge is 0.379 e. The Hall–Kier alpha value is -1.77. The van der Waals surface area contributed by atoms with Crippen LogP contribution in [-0.4, -0.2) is 41.7 Å². The lowest BCUT2D eigenvalue weighted by Crippen LogP contribution is -2.35. The maximum Gasteiger partial charge on any atom is 0.224 e. The van der Waals surface area contributed by atoms with E-state index in [0.29, 0.717) is 11.6 Å². The van der Waals surface area contributed by atoms with Gasteiger partial charge in [0, 0.05) is 54.7 Å². The van der Waals surface area contributed by atoms with Crippen LogP contribution in [0.4, 0.5) is 0 Å². The van der Waals surface area contributed by atoms with E-state index in [2.05, 4.69) is 20.9 Å². The molecule has 0 radical (unpaired) electrons. The molecule has 0 atom stereocenters. The zero-order valence-corrected chi connectivity index (χ0v) is 19.2. The molecule has 1 amide bonds. The molecule has 0 saturated carbocycles. The third-order valence-corrected chi connectivity index (χ3v) is 7.15. The quantitative estimate of drug-likeness (QED) is 0.555. The van der Waals surface area contributed by atoms with E-state index in [0.717, 1.165) is 58.7 Å². The second-order valence-corrected chi connectivity index (χ2v) is 9.45. The van der Waals surface area contributed by atoms with Gasteiger partial charge in [0.15, 0.2) is 0 Å². The monoisotopic (exact) mass is 461 g/mol. The number of hydrogen-bond acceptors (Lipinski definition) is 5. The van der Waals surface area contributed by atoms with Gasteiger partial charge in [-0.15, -0.1) is 11.3 Å². The van der Waals surface area contributed by atoms with E-state index in [9.17, 15) is 4.79 Å². The molecule has 3 heterocycles. The van der Waals surface area contributed by atoms with Gasteiger partial charge in [0.1, 0.15) is 4.83 Å². The SMILES string of the molecule is Cn1cc(CC(=O)NCc2ccc(Cl)cc2)c(=S)c2cc(CN3CCOCC3)sc21. The minimum atomic E-state index is -0.0424. The number of benzene rings is 1. The van der Waals surface area contributed by atoms with E-state index in [4.69, 9.17) is 28.6 Å². The Kier molecular flexibility index (Phi) is 6.85. The molecule has 4 rings (SSSR count). The highest BCUT2D eigenvalue weighted by Crippen LogP contribution is 2.29. The normalized spacial score (nSPS) is 14.9. The molecule has 1 aliphatic rings. The Morgan fingerprint density at radius 1 is 1.27 bits per heavy atom. The van der Waals surface area contributed by atoms with Crippen LogP contribution in [0.3, 0.4) is 0 Å². The smallest absolute Gasteiger partial charge is 0.224 e. The zero-order chi connectivity index (χ0) is 21.1. The lowest BCUT2D eigenvalue weighted by Gasteiger charge is -2.25. The van der Waals surface area contributed by atoms with Crippen LogP contribution in [0.5, 0.6) is 0 Å². The third kappa shape index (κ3) is 5.10. The summed E-state index contributed by atoms with van der Waals surface area (Å²) in [5, 5.41) is 4.71. The Morgan fingerprint density at radius 2 is 2.00 bits per heavy atom. The van der Waals surface area contributed by atoms with Gasteiger partial charge in [-0.1, -0.05) is 36.0 Å². The predicted octanol–water partition coefficient (Wildman–Crippen LogP) is 4.31. The van der Waals surface area contributed by atoms with Crippen LogP contribution in [-0.2, 0) is 36.1 Å². The molecule has 3 aromatic rings. The van der Waals surface area contributed by atoms with Crippen LogP contribution < -0.4 is 5.32 Å². The van der Waals surface area contributed by atoms with Crippen molar-refractivity contribution >= 4 is 51.3 Å². The van der Waals surface area contributed by atoms with E-state index in [1.54, 1.807) is 11.3 Å². The summed E-state index contributed by atoms with van der Waals surface area (Å²) in [5.74, 6) is -0.0424. The number of amides is 1. The predicted molar refractivity (Wildman–Crippen MR) is 125 cm³/mol. The third-order valence-electron chi connectivity index (χ3n) is 5.21. The summed E-state index contributed by atoms with van der Waals surface area (Å²) in [6.45, 7) is 4.88. The van der Waals surface area contributed by atoms with E-state index in [1.807, 2.05) is 37.5 Å². The number of fused-ring (bicyclic) bond motifs is 1. The Bertz CT molecular complexity index is 1100. The maximum atomic E-state index is 12.5. The van der Waals surface area contributed by atoms with Crippen LogP contribution in [0.25, 0.3) is 10.2 Å². The number of rotatable bonds is 6. The fraction of sp³-hybridized carbons (Fsp3) is 0.364. The van der Waals surface area contributed by atoms with Crippen molar-refractivity contribution in [3.63, 3.8) is 0 Å². The summed E-state index contributed by atoms with van der Waals surface area (Å²) >= 11 is 13.4. The molecule has 158 valence electrons. The summed E-state index contributed by atoms with van der Waals surface area (Å²) in [7, 11) is 2.02. The maximum absolute atomic E-state index is 12.5. The summed E-state index contributed by atoms with van der Waals surface area (Å²) in [6, 6.07) is 9.66. The van der Waals surface area contributed by atoms with Gasteiger partial charge in [0.2, 0.25) is 5.91 Å². The molecule has 1 fully saturated rings. The number of aryl methyl sites for hydroxylation is 1. The lowest BCUT2D eigenvalue weighted by molar-refractivity contribution is -0.120. The number of hydrogen-bond donors (Lipinski definition) is 1. The molecule has 1 aromatic carbocycles. The molecule has 1 aliphatic heterocycles. The van der Waals surface area contributed by atoms with Crippen molar-refractivity contribution in [3.8, 4) is 0 Å². The average Bonchev–Trinajstić information content (AvgIpc) is 3.17. The molecule has 2 aromatic heterocycles. The molecular weight excluding hydrogens is 438 g/mol. The first kappa shape index (κ1) is 21.5. The van der Waals surface area contributed by atoms with Crippen LogP contribution in [0.2, 0.25) is 5.02 Å². The molecule has 0 unspecified atom stereocenters. The van der Waals surface area contributed by atoms with Crippen LogP contribution >= 0.6 is 35.2 Å². The van der Waals surface area contributed by atoms with Gasteiger partial charge >= 0.3 is 0 Å². The van der Waals surface area contributed by atoms with Crippen molar-refractivity contribution in [2.45, 2.75) is 19.5 Å². The fourth-order valence-electron chi connectivity index (χ4n) is 3.60. The topological polar surface area (TPSA) is 46.5 Å². The number of ether oxygens (including phenoxy) is 1. The second kappa shape index (κ2) is 9.58. The number of carbonyl (C=O) groups is 1. The van der Waals surface area contributed by atoms with Gasteiger partial charge in [0.05, 0.1) is 24.1 Å². The zero-order valence-electron chi connectivity index (χ0n) is 16.8. The molecule has 8 heteroatoms. The standard InChI is InChI=1S/C22H24ClN3O2S2/c1-25-13-16(10-20(27)24-12-15-2-4-17(23)5-3-15)21(29)19-11-18(30-22(19)25)14-26-6-8-28-9-7-26/h2-5,11,13H,6-10,12,14H2,1H3,(H,24,27). The van der Waals surface area contributed by atoms with Gasteiger partial charge < -0.3 is 14.6 Å². The highest BCUT2D eigenvalue weighted by Gasteiger charge is 2.15. The van der Waals surface area contributed by atoms with Crippen LogP contribution in [0.15, 0.2) is 36.5 Å². The van der Waals surface area contributed by atoms with E-state index in [1.165, 1.54) is 4.88 Å². The summed E-state index contributed by atoms with van der Waals surface area (Å²) in [4.78, 5) is 17.4. The molecule has 0 aliphatic carbocycles. The van der Waals surface area contributed by atoms with Crippen molar-refractivity contribution < 1.29 is 9.53 Å². The van der Waals surface area contributed by atoms with Crippen LogP contribution in [0, 0.1) is 4.51 Å². The molecule has 30 heavy (non-hydrogen) atoms. The van der Waals surface area contributed by atoms with Gasteiger partial charge in [-0.2, -0.15) is 0 Å². The van der Waals surface area contributed by atoms with E-state index < -0.39 is 0 Å². The van der Waals surface area contributed by atoms with Crippen molar-refractivity contribution in [2.75, 3.05) is 26.3 Å². The van der Waals surface area contributed by atoms with Gasteiger partial charge in [-0.05, 0) is 29.3 Å². The van der Waals surface area contributed by atoms with Crippen LogP contribution in [0.1, 0.15) is 16.0 Å². The van der Waals surface area contributed by atoms with Gasteiger partial charge in [-0.25, -0.2) is 0 Å². The lowest BCUT2D eigenvalue weighted by atomic mass is 10.1. The second-order valence-electron chi connectivity index (χ2n) is 7.49. The Balaban J connectivity index is 1.47.